The monoisotopic (exact) mass is 755 g/mol. The molecule has 2 N–H and O–H groups in total. The fourth-order valence-corrected chi connectivity index (χ4v) is 6.68. The number of rotatable bonds is 14. The van der Waals surface area contributed by atoms with Crippen LogP contribution in [0.1, 0.15) is 62.1 Å². The number of morpholine rings is 1. The van der Waals surface area contributed by atoms with Crippen LogP contribution in [0.25, 0.3) is 10.8 Å². The number of hydrogen-bond donors (Lipinski definition) is 2. The van der Waals surface area contributed by atoms with E-state index in [0.29, 0.717) is 65.8 Å². The first-order valence-corrected chi connectivity index (χ1v) is 18.9. The molecule has 1 saturated heterocycles. The average molecular weight is 756 g/mol. The molecule has 11 heteroatoms. The van der Waals surface area contributed by atoms with Gasteiger partial charge in [0.1, 0.15) is 35.4 Å². The maximum atomic E-state index is 13.6. The van der Waals surface area contributed by atoms with Crippen LogP contribution >= 0.6 is 0 Å². The molecule has 56 heavy (non-hydrogen) atoms. The molecule has 1 aromatic heterocycles. The summed E-state index contributed by atoms with van der Waals surface area (Å²) in [5.74, 6) is 2.48. The predicted molar refractivity (Wildman–Crippen MR) is 218 cm³/mol. The number of anilines is 2. The Morgan fingerprint density at radius 2 is 1.70 bits per heavy atom. The molecule has 1 fully saturated rings. The lowest BCUT2D eigenvalue weighted by Crippen LogP contribution is -2.38. The number of aryl methyl sites for hydroxylation is 1. The maximum absolute atomic E-state index is 13.6. The lowest BCUT2D eigenvalue weighted by Gasteiger charge is -2.26. The quantitative estimate of drug-likeness (QED) is 0.114. The second kappa shape index (κ2) is 18.1. The first-order valence-electron chi connectivity index (χ1n) is 18.9. The van der Waals surface area contributed by atoms with E-state index in [4.69, 9.17) is 18.9 Å². The Morgan fingerprint density at radius 3 is 2.43 bits per heavy atom. The highest BCUT2D eigenvalue weighted by Gasteiger charge is 2.21. The van der Waals surface area contributed by atoms with Crippen LogP contribution in [0, 0.1) is 11.3 Å². The maximum Gasteiger partial charge on any atom is 0.323 e. The molecule has 1 aliphatic rings. The van der Waals surface area contributed by atoms with E-state index in [0.717, 1.165) is 66.0 Å². The van der Waals surface area contributed by atoms with Crippen LogP contribution in [0.4, 0.5) is 16.2 Å². The molecule has 0 atom stereocenters. The number of pyridine rings is 1. The first kappa shape index (κ1) is 39.7. The molecule has 6 rings (SSSR count). The summed E-state index contributed by atoms with van der Waals surface area (Å²) < 4.78 is 23.7. The Bertz CT molecular complexity index is 2240. The fraction of sp³-hybridized carbons (Fsp3) is 0.333. The van der Waals surface area contributed by atoms with Crippen LogP contribution in [0.15, 0.2) is 85.1 Å². The summed E-state index contributed by atoms with van der Waals surface area (Å²) >= 11 is 0. The number of hydrogen-bond acceptors (Lipinski definition) is 9. The van der Waals surface area contributed by atoms with E-state index in [1.54, 1.807) is 32.4 Å². The van der Waals surface area contributed by atoms with Crippen molar-refractivity contribution in [2.45, 2.75) is 52.4 Å². The smallest absolute Gasteiger partial charge is 0.323 e. The second-order valence-corrected chi connectivity index (χ2v) is 14.9. The number of benzene rings is 4. The standard InChI is InChI=1S/C45H49N5O6/c1-30(51)10-11-33-26-34(45(2,3)4)27-41(43(33)53-5)49-44(52)48-40-12-13-42(39-9-7-6-8-38(39)40)56-36-14-15-47-35(28-36)23-31-22-32(29-46)25-37(24-31)55-21-18-50-16-19-54-20-17-50/h6-9,12-15,22,24-28H,10-11,16-21,23H2,1-5H3,(H2,48,49,52). The number of ketones is 1. The highest BCUT2D eigenvalue weighted by Crippen LogP contribution is 2.38. The molecule has 290 valence electrons. The molecular formula is C45H49N5O6. The number of nitriles is 1. The third-order valence-corrected chi connectivity index (χ3v) is 9.64. The number of aromatic nitrogens is 1. The number of Topliss-reactive ketones (excluding diaryl/α,β-unsaturated/α-hetero) is 1. The van der Waals surface area contributed by atoms with Crippen LogP contribution in [0.3, 0.4) is 0 Å². The Morgan fingerprint density at radius 1 is 0.929 bits per heavy atom. The second-order valence-electron chi connectivity index (χ2n) is 14.9. The van der Waals surface area contributed by atoms with Crippen LogP contribution in [-0.4, -0.2) is 68.3 Å². The van der Waals surface area contributed by atoms with Crippen molar-refractivity contribution in [2.24, 2.45) is 0 Å². The molecular weight excluding hydrogens is 707 g/mol. The highest BCUT2D eigenvalue weighted by atomic mass is 16.5. The van der Waals surface area contributed by atoms with Crippen LogP contribution < -0.4 is 24.8 Å². The Labute approximate surface area is 328 Å². The number of ether oxygens (including phenoxy) is 4. The van der Waals surface area contributed by atoms with Gasteiger partial charge in [0.15, 0.2) is 0 Å². The predicted octanol–water partition coefficient (Wildman–Crippen LogP) is 8.67. The van der Waals surface area contributed by atoms with Crippen molar-refractivity contribution in [3.8, 4) is 29.1 Å². The molecule has 5 aromatic rings. The lowest BCUT2D eigenvalue weighted by atomic mass is 9.85. The average Bonchev–Trinajstić information content (AvgIpc) is 3.18. The molecule has 0 bridgehead atoms. The molecule has 4 aromatic carbocycles. The van der Waals surface area contributed by atoms with Gasteiger partial charge in [-0.25, -0.2) is 4.79 Å². The van der Waals surface area contributed by atoms with E-state index >= 15 is 0 Å². The van der Waals surface area contributed by atoms with Gasteiger partial charge in [0.2, 0.25) is 0 Å². The van der Waals surface area contributed by atoms with E-state index in [-0.39, 0.29) is 11.2 Å². The molecule has 0 spiro atoms. The van der Waals surface area contributed by atoms with Gasteiger partial charge in [0.25, 0.3) is 0 Å². The van der Waals surface area contributed by atoms with Gasteiger partial charge in [-0.05, 0) is 77.9 Å². The van der Waals surface area contributed by atoms with Crippen molar-refractivity contribution in [2.75, 3.05) is 57.2 Å². The molecule has 11 nitrogen and oxygen atoms in total. The largest absolute Gasteiger partial charge is 0.494 e. The number of fused-ring (bicyclic) bond motifs is 1. The van der Waals surface area contributed by atoms with Crippen LogP contribution in [0.2, 0.25) is 0 Å². The Hall–Kier alpha value is -5.96. The van der Waals surface area contributed by atoms with Crippen molar-refractivity contribution in [3.05, 3.63) is 113 Å². The number of methoxy groups -OCH3 is 1. The van der Waals surface area contributed by atoms with Gasteiger partial charge >= 0.3 is 6.03 Å². The van der Waals surface area contributed by atoms with Gasteiger partial charge in [-0.3, -0.25) is 9.88 Å². The zero-order valence-electron chi connectivity index (χ0n) is 32.7. The van der Waals surface area contributed by atoms with E-state index < -0.39 is 6.03 Å². The molecule has 1 aliphatic heterocycles. The van der Waals surface area contributed by atoms with Crippen molar-refractivity contribution in [1.29, 1.82) is 5.26 Å². The van der Waals surface area contributed by atoms with Gasteiger partial charge in [0.05, 0.1) is 43.3 Å². The van der Waals surface area contributed by atoms with E-state index in [2.05, 4.69) is 53.4 Å². The van der Waals surface area contributed by atoms with E-state index in [1.165, 1.54) is 0 Å². The van der Waals surface area contributed by atoms with Crippen molar-refractivity contribution in [3.63, 3.8) is 0 Å². The fourth-order valence-electron chi connectivity index (χ4n) is 6.68. The molecule has 0 radical (unpaired) electrons. The summed E-state index contributed by atoms with van der Waals surface area (Å²) in [6, 6.07) is 26.4. The van der Waals surface area contributed by atoms with E-state index in [1.807, 2.05) is 60.7 Å². The van der Waals surface area contributed by atoms with Gasteiger partial charge in [0, 0.05) is 61.2 Å². The highest BCUT2D eigenvalue weighted by molar-refractivity contribution is 6.08. The normalized spacial score (nSPS) is 13.1. The minimum atomic E-state index is -0.435. The van der Waals surface area contributed by atoms with Gasteiger partial charge in [-0.15, -0.1) is 0 Å². The minimum absolute atomic E-state index is 0.0849. The van der Waals surface area contributed by atoms with Crippen molar-refractivity contribution < 1.29 is 28.5 Å². The third kappa shape index (κ3) is 10.4. The van der Waals surface area contributed by atoms with Crippen molar-refractivity contribution >= 4 is 34.0 Å². The number of nitrogens with zero attached hydrogens (tertiary/aromatic N) is 3. The summed E-state index contributed by atoms with van der Waals surface area (Å²) in [6.07, 6.45) is 3.06. The van der Waals surface area contributed by atoms with Gasteiger partial charge in [-0.1, -0.05) is 51.1 Å². The zero-order valence-corrected chi connectivity index (χ0v) is 32.7. The third-order valence-electron chi connectivity index (χ3n) is 9.64. The number of carbonyl (C=O) groups excluding carboxylic acids is 2. The first-order chi connectivity index (χ1) is 27.0. The Balaban J connectivity index is 1.17. The molecule has 2 heterocycles. The summed E-state index contributed by atoms with van der Waals surface area (Å²) in [7, 11) is 1.57. The molecule has 0 aliphatic carbocycles. The molecule has 2 amide bonds. The SMILES string of the molecule is COc1c(CCC(C)=O)cc(C(C)(C)C)cc1NC(=O)Nc1ccc(Oc2ccnc(Cc3cc(C#N)cc(OCCN4CCOCC4)c3)c2)c2ccccc12. The number of amides is 2. The number of nitrogens with one attached hydrogen (secondary N) is 2. The summed E-state index contributed by atoms with van der Waals surface area (Å²) in [4.78, 5) is 32.3. The summed E-state index contributed by atoms with van der Waals surface area (Å²) in [5, 5.41) is 17.3. The summed E-state index contributed by atoms with van der Waals surface area (Å²) in [6.45, 7) is 12.4. The number of urea groups is 1. The lowest BCUT2D eigenvalue weighted by molar-refractivity contribution is -0.116. The molecule has 0 saturated carbocycles. The van der Waals surface area contributed by atoms with Crippen molar-refractivity contribution in [1.82, 2.24) is 9.88 Å². The van der Waals surface area contributed by atoms with Gasteiger partial charge < -0.3 is 34.4 Å². The topological polar surface area (TPSA) is 135 Å². The van der Waals surface area contributed by atoms with E-state index in [9.17, 15) is 14.9 Å². The molecule has 0 unspecified atom stereocenters. The van der Waals surface area contributed by atoms with Gasteiger partial charge in [-0.2, -0.15) is 5.26 Å². The van der Waals surface area contributed by atoms with Crippen LogP contribution in [-0.2, 0) is 27.8 Å². The number of carbonyl (C=O) groups is 2. The summed E-state index contributed by atoms with van der Waals surface area (Å²) in [5.41, 5.74) is 5.01. The minimum Gasteiger partial charge on any atom is -0.494 e. The van der Waals surface area contributed by atoms with Crippen LogP contribution in [0.5, 0.6) is 23.0 Å². The zero-order chi connectivity index (χ0) is 39.7. The Kier molecular flexibility index (Phi) is 12.9.